The van der Waals surface area contributed by atoms with Crippen LogP contribution in [0.25, 0.3) is 0 Å². The Hall–Kier alpha value is -2.92. The number of methoxy groups -OCH3 is 1. The molecule has 42 heavy (non-hydrogen) atoms. The van der Waals surface area contributed by atoms with Crippen molar-refractivity contribution in [2.75, 3.05) is 20.3 Å². The van der Waals surface area contributed by atoms with Crippen LogP contribution < -0.4 is 16.1 Å². The Morgan fingerprint density at radius 3 is 2.74 bits per heavy atom. The molecule has 3 heterocycles. The number of hydrogen-bond acceptors (Lipinski definition) is 14. The van der Waals surface area contributed by atoms with Gasteiger partial charge in [0.1, 0.15) is 41.8 Å². The monoisotopic (exact) mass is 614 g/mol. The topological polar surface area (TPSA) is 242 Å². The molecule has 2 aliphatic heterocycles. The van der Waals surface area contributed by atoms with Crippen LogP contribution in [0.2, 0.25) is 0 Å². The van der Waals surface area contributed by atoms with E-state index in [9.17, 15) is 34.7 Å². The molecular weight excluding hydrogens is 575 g/mol. The molecule has 234 valence electrons. The van der Waals surface area contributed by atoms with Crippen molar-refractivity contribution in [2.24, 2.45) is 10.7 Å². The number of rotatable bonds is 15. The standard InChI is InChI=1S/C25H39N6O10P/c1-14-21(33)17(16(12-32)10-27-14)11-28-18(25(36)39-3)6-4-5-8-29-42(37,38)40-13-19-22(34)23(35)24(41-19)31-9-7-20(26)30-15(31)2/h7,9-10,18-19,22-24,28,32-35H,2,4-6,8,11-13H2,1,3H3,(H2,26,30)(H2,29,37,38). The third-order valence-corrected chi connectivity index (χ3v) is 7.95. The Kier molecular flexibility index (Phi) is 12.0. The number of esters is 1. The molecule has 0 spiro atoms. The number of nitrogens with zero attached hydrogens (tertiary/aromatic N) is 3. The highest BCUT2D eigenvalue weighted by atomic mass is 31.2. The van der Waals surface area contributed by atoms with E-state index in [4.69, 9.17) is 19.7 Å². The predicted molar refractivity (Wildman–Crippen MR) is 149 cm³/mol. The molecule has 0 aromatic carbocycles. The fourth-order valence-electron chi connectivity index (χ4n) is 4.42. The molecule has 0 saturated carbocycles. The Morgan fingerprint density at radius 2 is 2.07 bits per heavy atom. The van der Waals surface area contributed by atoms with Gasteiger partial charge in [-0.2, -0.15) is 0 Å². The van der Waals surface area contributed by atoms with Crippen molar-refractivity contribution in [3.05, 3.63) is 47.7 Å². The molecule has 17 heteroatoms. The fraction of sp³-hybridized carbons (Fsp3) is 0.560. The SMILES string of the molecule is C=C1N=C(N)C=CN1C1OC(COP(=O)(O)NCCCCC(NCc2c(CO)cnc(C)c2O)C(=O)OC)C(O)C1O. The Morgan fingerprint density at radius 1 is 1.33 bits per heavy atom. The third kappa shape index (κ3) is 8.56. The number of aryl methyl sites for hydroxylation is 1. The Bertz CT molecular complexity index is 1230. The number of unbranched alkanes of at least 4 members (excludes halogenated alkanes) is 1. The van der Waals surface area contributed by atoms with Crippen LogP contribution >= 0.6 is 7.75 Å². The van der Waals surface area contributed by atoms with Crippen LogP contribution in [0.15, 0.2) is 35.9 Å². The molecule has 6 atom stereocenters. The van der Waals surface area contributed by atoms with Crippen LogP contribution in [0, 0.1) is 6.92 Å². The second kappa shape index (κ2) is 15.0. The van der Waals surface area contributed by atoms with Gasteiger partial charge in [-0.25, -0.2) is 14.6 Å². The first kappa shape index (κ1) is 33.6. The molecule has 2 aliphatic rings. The van der Waals surface area contributed by atoms with Crippen LogP contribution in [-0.2, 0) is 36.5 Å². The molecule has 16 nitrogen and oxygen atoms in total. The van der Waals surface area contributed by atoms with Gasteiger partial charge in [0.2, 0.25) is 0 Å². The van der Waals surface area contributed by atoms with E-state index >= 15 is 0 Å². The Labute approximate surface area is 243 Å². The molecule has 0 radical (unpaired) electrons. The van der Waals surface area contributed by atoms with Crippen molar-refractivity contribution < 1.29 is 48.7 Å². The average molecular weight is 615 g/mol. The van der Waals surface area contributed by atoms with E-state index in [1.807, 2.05) is 0 Å². The zero-order valence-corrected chi connectivity index (χ0v) is 24.3. The van der Waals surface area contributed by atoms with Gasteiger partial charge in [0.05, 0.1) is 26.0 Å². The number of aromatic nitrogens is 1. The van der Waals surface area contributed by atoms with E-state index in [-0.39, 0.29) is 37.1 Å². The molecule has 1 aromatic rings. The van der Waals surface area contributed by atoms with Crippen LogP contribution in [0.3, 0.4) is 0 Å². The van der Waals surface area contributed by atoms with Gasteiger partial charge in [-0.1, -0.05) is 13.0 Å². The summed E-state index contributed by atoms with van der Waals surface area (Å²) in [5.74, 6) is -0.198. The van der Waals surface area contributed by atoms with Crippen molar-refractivity contribution in [2.45, 2.75) is 69.9 Å². The zero-order chi connectivity index (χ0) is 31.0. The van der Waals surface area contributed by atoms with Gasteiger partial charge in [0.15, 0.2) is 6.23 Å². The van der Waals surface area contributed by atoms with E-state index in [1.54, 1.807) is 6.92 Å². The lowest BCUT2D eigenvalue weighted by atomic mass is 10.1. The quantitative estimate of drug-likeness (QED) is 0.0685. The number of aromatic hydroxyl groups is 1. The Balaban J connectivity index is 1.43. The summed E-state index contributed by atoms with van der Waals surface area (Å²) in [5, 5.41) is 46.1. The zero-order valence-electron chi connectivity index (χ0n) is 23.4. The second-order valence-electron chi connectivity index (χ2n) is 9.75. The van der Waals surface area contributed by atoms with Crippen LogP contribution in [0.5, 0.6) is 5.75 Å². The fourth-order valence-corrected chi connectivity index (χ4v) is 5.30. The minimum Gasteiger partial charge on any atom is -0.506 e. The number of aliphatic imine (C=N–C) groups is 1. The predicted octanol–water partition coefficient (Wildman–Crippen LogP) is -0.800. The highest BCUT2D eigenvalue weighted by Gasteiger charge is 2.46. The number of pyridine rings is 1. The molecule has 1 aromatic heterocycles. The lowest BCUT2D eigenvalue weighted by molar-refractivity contribution is -0.143. The number of amidine groups is 1. The normalized spacial score (nSPS) is 24.4. The first-order valence-corrected chi connectivity index (χ1v) is 14.8. The average Bonchev–Trinajstić information content (AvgIpc) is 3.23. The lowest BCUT2D eigenvalue weighted by Gasteiger charge is -2.30. The number of carbonyl (C=O) groups excluding carboxylic acids is 1. The van der Waals surface area contributed by atoms with Gasteiger partial charge < -0.3 is 50.7 Å². The minimum atomic E-state index is -4.30. The van der Waals surface area contributed by atoms with Gasteiger partial charge in [0.25, 0.3) is 0 Å². The van der Waals surface area contributed by atoms with E-state index in [0.717, 1.165) is 0 Å². The van der Waals surface area contributed by atoms with Crippen molar-refractivity contribution in [1.82, 2.24) is 20.3 Å². The van der Waals surface area contributed by atoms with Crippen LogP contribution in [-0.4, -0.2) is 97.9 Å². The van der Waals surface area contributed by atoms with Gasteiger partial charge in [-0.3, -0.25) is 14.3 Å². The largest absolute Gasteiger partial charge is 0.506 e. The number of nitrogens with one attached hydrogen (secondary N) is 2. The molecular formula is C25H39N6O10P. The van der Waals surface area contributed by atoms with Crippen molar-refractivity contribution in [3.8, 4) is 5.75 Å². The number of carbonyl (C=O) groups is 1. The third-order valence-electron chi connectivity index (χ3n) is 6.83. The maximum Gasteiger partial charge on any atom is 0.403 e. The van der Waals surface area contributed by atoms with Crippen molar-refractivity contribution >= 4 is 19.6 Å². The summed E-state index contributed by atoms with van der Waals surface area (Å²) in [7, 11) is -3.04. The first-order valence-electron chi connectivity index (χ1n) is 13.2. The number of aliphatic hydroxyl groups is 3. The summed E-state index contributed by atoms with van der Waals surface area (Å²) >= 11 is 0. The number of hydrogen-bond donors (Lipinski definition) is 8. The molecule has 1 saturated heterocycles. The maximum absolute atomic E-state index is 12.5. The number of ether oxygens (including phenoxy) is 2. The number of aliphatic hydroxyl groups excluding tert-OH is 3. The summed E-state index contributed by atoms with van der Waals surface area (Å²) in [5.41, 5.74) is 6.84. The minimum absolute atomic E-state index is 0.0673. The van der Waals surface area contributed by atoms with Gasteiger partial charge in [-0.05, 0) is 25.8 Å². The highest BCUT2D eigenvalue weighted by molar-refractivity contribution is 7.50. The maximum atomic E-state index is 12.5. The summed E-state index contributed by atoms with van der Waals surface area (Å²) in [6.07, 6.45) is 0.615. The van der Waals surface area contributed by atoms with Gasteiger partial charge in [-0.15, -0.1) is 0 Å². The summed E-state index contributed by atoms with van der Waals surface area (Å²) in [6.45, 7) is 4.67. The summed E-state index contributed by atoms with van der Waals surface area (Å²) in [6, 6.07) is -0.736. The highest BCUT2D eigenvalue weighted by Crippen LogP contribution is 2.38. The molecule has 0 bridgehead atoms. The molecule has 9 N–H and O–H groups in total. The molecule has 6 unspecified atom stereocenters. The van der Waals surface area contributed by atoms with Crippen LogP contribution in [0.1, 0.15) is 36.1 Å². The molecule has 1 fully saturated rings. The van der Waals surface area contributed by atoms with Crippen molar-refractivity contribution in [1.29, 1.82) is 0 Å². The molecule has 0 amide bonds. The lowest BCUT2D eigenvalue weighted by Crippen LogP contribution is -2.42. The summed E-state index contributed by atoms with van der Waals surface area (Å²) < 4.78 is 28.1. The summed E-state index contributed by atoms with van der Waals surface area (Å²) in [4.78, 5) is 31.8. The van der Waals surface area contributed by atoms with Gasteiger partial charge in [0, 0.05) is 36.6 Å². The van der Waals surface area contributed by atoms with Gasteiger partial charge >= 0.3 is 13.7 Å². The molecule has 3 rings (SSSR count). The molecule has 0 aliphatic carbocycles. The second-order valence-corrected chi connectivity index (χ2v) is 11.4. The van der Waals surface area contributed by atoms with Crippen molar-refractivity contribution in [3.63, 3.8) is 0 Å². The van der Waals surface area contributed by atoms with E-state index in [2.05, 4.69) is 27.0 Å². The smallest absolute Gasteiger partial charge is 0.403 e. The van der Waals surface area contributed by atoms with Crippen LogP contribution in [0.4, 0.5) is 0 Å². The first-order chi connectivity index (χ1) is 19.9. The number of nitrogens with two attached hydrogens (primary N) is 1. The van der Waals surface area contributed by atoms with E-state index < -0.39 is 50.9 Å². The van der Waals surface area contributed by atoms with E-state index in [0.29, 0.717) is 36.1 Å². The van der Waals surface area contributed by atoms with E-state index in [1.165, 1.54) is 30.5 Å².